The van der Waals surface area contributed by atoms with Gasteiger partial charge in [0.1, 0.15) is 0 Å². The lowest BCUT2D eigenvalue weighted by Gasteiger charge is -2.14. The molecule has 0 fully saturated rings. The zero-order valence-corrected chi connectivity index (χ0v) is 16.4. The summed E-state index contributed by atoms with van der Waals surface area (Å²) in [7, 11) is 0. The fourth-order valence-electron chi connectivity index (χ4n) is 3.09. The summed E-state index contributed by atoms with van der Waals surface area (Å²) in [6, 6.07) is 6.76. The van der Waals surface area contributed by atoms with Gasteiger partial charge in [0.2, 0.25) is 0 Å². The van der Waals surface area contributed by atoms with Crippen LogP contribution in [0.15, 0.2) is 36.4 Å². The number of nitrogens with one attached hydrogen (secondary N) is 1. The Kier molecular flexibility index (Phi) is 7.87. The number of nitro benzene ring substituents is 2. The lowest BCUT2D eigenvalue weighted by molar-refractivity contribution is -0.394. The summed E-state index contributed by atoms with van der Waals surface area (Å²) in [4.78, 5) is 20.2. The second-order valence-electron chi connectivity index (χ2n) is 6.83. The maximum absolute atomic E-state index is 13.5. The third-order valence-corrected chi connectivity index (χ3v) is 4.59. The van der Waals surface area contributed by atoms with E-state index in [1.807, 2.05) is 0 Å². The molecule has 7 nitrogen and oxygen atoms in total. The average Bonchev–Trinajstić information content (AvgIpc) is 2.69. The fourth-order valence-corrected chi connectivity index (χ4v) is 3.09. The third kappa shape index (κ3) is 5.99. The van der Waals surface area contributed by atoms with Crippen molar-refractivity contribution in [3.05, 3.63) is 67.8 Å². The summed E-state index contributed by atoms with van der Waals surface area (Å²) in [5.74, 6) is 0. The predicted molar refractivity (Wildman–Crippen MR) is 106 cm³/mol. The van der Waals surface area contributed by atoms with Crippen molar-refractivity contribution in [2.45, 2.75) is 45.3 Å². The van der Waals surface area contributed by atoms with E-state index in [4.69, 9.17) is 0 Å². The molecule has 30 heavy (non-hydrogen) atoms. The Hall–Kier alpha value is -3.01. The molecular formula is C20H22F3N3O4. The number of hydrogen-bond donors (Lipinski definition) is 1. The summed E-state index contributed by atoms with van der Waals surface area (Å²) in [5.41, 5.74) is -3.26. The molecular weight excluding hydrogens is 403 g/mol. The minimum atomic E-state index is -5.00. The molecule has 2 aromatic rings. The molecule has 1 N–H and O–H groups in total. The smallest absolute Gasteiger partial charge is 0.313 e. The van der Waals surface area contributed by atoms with E-state index in [0.29, 0.717) is 18.7 Å². The molecule has 0 aliphatic rings. The van der Waals surface area contributed by atoms with Crippen LogP contribution in [0.2, 0.25) is 0 Å². The highest BCUT2D eigenvalue weighted by molar-refractivity contribution is 5.79. The quantitative estimate of drug-likeness (QED) is 0.292. The van der Waals surface area contributed by atoms with Crippen molar-refractivity contribution in [2.75, 3.05) is 6.54 Å². The van der Waals surface area contributed by atoms with Gasteiger partial charge in [-0.1, -0.05) is 50.5 Å². The zero-order valence-electron chi connectivity index (χ0n) is 16.4. The first-order chi connectivity index (χ1) is 14.1. The third-order valence-electron chi connectivity index (χ3n) is 4.59. The van der Waals surface area contributed by atoms with E-state index in [1.165, 1.54) is 12.1 Å². The molecule has 0 unspecified atom stereocenters. The first-order valence-corrected chi connectivity index (χ1v) is 9.49. The highest BCUT2D eigenvalue weighted by atomic mass is 19.4. The summed E-state index contributed by atoms with van der Waals surface area (Å²) < 4.78 is 40.6. The molecule has 2 rings (SSSR count). The first kappa shape index (κ1) is 23.3. The average molecular weight is 425 g/mol. The van der Waals surface area contributed by atoms with Crippen molar-refractivity contribution in [1.29, 1.82) is 0 Å². The number of unbranched alkanes of at least 4 members (excludes halogenated alkanes) is 3. The van der Waals surface area contributed by atoms with Gasteiger partial charge in [0, 0.05) is 12.6 Å². The lowest BCUT2D eigenvalue weighted by atomic mass is 9.95. The van der Waals surface area contributed by atoms with Gasteiger partial charge in [-0.3, -0.25) is 20.2 Å². The van der Waals surface area contributed by atoms with Crippen LogP contribution in [-0.4, -0.2) is 16.4 Å². The summed E-state index contributed by atoms with van der Waals surface area (Å²) in [6.45, 7) is 3.45. The van der Waals surface area contributed by atoms with Crippen LogP contribution in [0.1, 0.15) is 43.7 Å². The Morgan fingerprint density at radius 3 is 2.17 bits per heavy atom. The largest absolute Gasteiger partial charge is 0.417 e. The van der Waals surface area contributed by atoms with E-state index in [-0.39, 0.29) is 5.56 Å². The maximum atomic E-state index is 13.5. The van der Waals surface area contributed by atoms with Crippen LogP contribution in [0.25, 0.3) is 11.1 Å². The van der Waals surface area contributed by atoms with Gasteiger partial charge in [-0.05, 0) is 24.1 Å². The van der Waals surface area contributed by atoms with Crippen LogP contribution < -0.4 is 5.32 Å². The number of rotatable bonds is 10. The SMILES string of the molecule is CCCCCCNCc1ccc(-c2c([N+](=O)[O-])cc([N+](=O)[O-])cc2C(F)(F)F)cc1. The van der Waals surface area contributed by atoms with Crippen LogP contribution in [0.3, 0.4) is 0 Å². The minimum Gasteiger partial charge on any atom is -0.313 e. The highest BCUT2D eigenvalue weighted by Crippen LogP contribution is 2.44. The van der Waals surface area contributed by atoms with Crippen molar-refractivity contribution in [1.82, 2.24) is 5.32 Å². The number of non-ortho nitro benzene ring substituents is 1. The van der Waals surface area contributed by atoms with E-state index in [9.17, 15) is 33.4 Å². The molecule has 0 radical (unpaired) electrons. The van der Waals surface area contributed by atoms with Crippen LogP contribution in [-0.2, 0) is 12.7 Å². The standard InChI is InChI=1S/C20H22F3N3O4/c1-2-3-4-5-10-24-13-14-6-8-15(9-7-14)19-17(20(21,22)23)11-16(25(27)28)12-18(19)26(29)30/h6-9,11-12,24H,2-5,10,13H2,1H3. The zero-order chi connectivity index (χ0) is 22.3. The van der Waals surface area contributed by atoms with Gasteiger partial charge in [0.25, 0.3) is 11.4 Å². The number of nitro groups is 2. The Morgan fingerprint density at radius 1 is 0.967 bits per heavy atom. The second kappa shape index (κ2) is 10.1. The van der Waals surface area contributed by atoms with E-state index < -0.39 is 38.5 Å². The molecule has 0 aliphatic heterocycles. The number of alkyl halides is 3. The number of benzene rings is 2. The molecule has 162 valence electrons. The monoisotopic (exact) mass is 425 g/mol. The van der Waals surface area contributed by atoms with Crippen LogP contribution in [0.4, 0.5) is 24.5 Å². The van der Waals surface area contributed by atoms with Gasteiger partial charge in [0.05, 0.1) is 27.0 Å². The number of halogens is 3. The molecule has 0 saturated carbocycles. The van der Waals surface area contributed by atoms with E-state index in [2.05, 4.69) is 12.2 Å². The van der Waals surface area contributed by atoms with Crippen molar-refractivity contribution in [2.24, 2.45) is 0 Å². The van der Waals surface area contributed by atoms with E-state index in [0.717, 1.165) is 37.8 Å². The molecule has 0 aliphatic carbocycles. The maximum Gasteiger partial charge on any atom is 0.417 e. The predicted octanol–water partition coefficient (Wildman–Crippen LogP) is 5.86. The van der Waals surface area contributed by atoms with Crippen molar-refractivity contribution in [3.63, 3.8) is 0 Å². The van der Waals surface area contributed by atoms with Crippen molar-refractivity contribution in [3.8, 4) is 11.1 Å². The Balaban J connectivity index is 2.33. The molecule has 2 aromatic carbocycles. The van der Waals surface area contributed by atoms with Gasteiger partial charge < -0.3 is 5.32 Å². The van der Waals surface area contributed by atoms with Crippen LogP contribution >= 0.6 is 0 Å². The molecule has 0 heterocycles. The number of nitrogens with zero attached hydrogens (tertiary/aromatic N) is 2. The van der Waals surface area contributed by atoms with Gasteiger partial charge in [0.15, 0.2) is 0 Å². The molecule has 0 aromatic heterocycles. The normalized spacial score (nSPS) is 11.5. The van der Waals surface area contributed by atoms with Gasteiger partial charge in [-0.25, -0.2) is 0 Å². The molecule has 10 heteroatoms. The van der Waals surface area contributed by atoms with Crippen molar-refractivity contribution >= 4 is 11.4 Å². The van der Waals surface area contributed by atoms with E-state index >= 15 is 0 Å². The van der Waals surface area contributed by atoms with Gasteiger partial charge in [-0.2, -0.15) is 13.2 Å². The fraction of sp³-hybridized carbons (Fsp3) is 0.400. The molecule has 0 amide bonds. The Labute approximate surface area is 171 Å². The topological polar surface area (TPSA) is 98.3 Å². The van der Waals surface area contributed by atoms with Crippen LogP contribution in [0.5, 0.6) is 0 Å². The molecule has 0 bridgehead atoms. The Morgan fingerprint density at radius 2 is 1.63 bits per heavy atom. The molecule has 0 spiro atoms. The Bertz CT molecular complexity index is 899. The summed E-state index contributed by atoms with van der Waals surface area (Å²) in [5, 5.41) is 25.6. The van der Waals surface area contributed by atoms with Gasteiger partial charge >= 0.3 is 6.18 Å². The van der Waals surface area contributed by atoms with Gasteiger partial charge in [-0.15, -0.1) is 0 Å². The summed E-state index contributed by atoms with van der Waals surface area (Å²) in [6.07, 6.45) is -0.560. The molecule has 0 saturated heterocycles. The summed E-state index contributed by atoms with van der Waals surface area (Å²) >= 11 is 0. The lowest BCUT2D eigenvalue weighted by Crippen LogP contribution is -2.14. The van der Waals surface area contributed by atoms with Crippen molar-refractivity contribution < 1.29 is 23.0 Å². The second-order valence-corrected chi connectivity index (χ2v) is 6.83. The number of hydrogen-bond acceptors (Lipinski definition) is 5. The highest BCUT2D eigenvalue weighted by Gasteiger charge is 2.39. The first-order valence-electron chi connectivity index (χ1n) is 9.49. The minimum absolute atomic E-state index is 0.0318. The molecule has 0 atom stereocenters. The van der Waals surface area contributed by atoms with E-state index in [1.54, 1.807) is 12.1 Å². The van der Waals surface area contributed by atoms with Crippen LogP contribution in [0, 0.1) is 20.2 Å².